The van der Waals surface area contributed by atoms with Gasteiger partial charge in [0.25, 0.3) is 15.9 Å². The first-order valence-corrected chi connectivity index (χ1v) is 10.0. The maximum absolute atomic E-state index is 12.5. The third-order valence-electron chi connectivity index (χ3n) is 3.62. The van der Waals surface area contributed by atoms with Gasteiger partial charge in [0.15, 0.2) is 0 Å². The molecule has 0 aliphatic carbocycles. The lowest BCUT2D eigenvalue weighted by molar-refractivity contribution is 0.102. The predicted octanol–water partition coefficient (Wildman–Crippen LogP) is 5.05. The molecule has 3 aromatic rings. The fraction of sp³-hybridized carbons (Fsp3) is 0. The average Bonchev–Trinajstić information content (AvgIpc) is 2.64. The monoisotopic (exact) mass is 420 g/mol. The summed E-state index contributed by atoms with van der Waals surface area (Å²) in [4.78, 5) is 12.5. The van der Waals surface area contributed by atoms with Crippen LogP contribution in [0, 0.1) is 0 Å². The molecule has 0 saturated heterocycles. The summed E-state index contributed by atoms with van der Waals surface area (Å²) < 4.78 is 27.4. The minimum atomic E-state index is -3.83. The van der Waals surface area contributed by atoms with Gasteiger partial charge < -0.3 is 5.32 Å². The number of amides is 1. The standard InChI is InChI=1S/C19H14Cl2N2O3S/c20-13-6-9-16(10-7-13)27(25,26)23-15-8-11-18(21)17(12-15)19(24)22-14-4-2-1-3-5-14/h1-12,23H,(H,22,24). The molecule has 0 radical (unpaired) electrons. The molecule has 0 aliphatic rings. The normalized spacial score (nSPS) is 11.0. The van der Waals surface area contributed by atoms with Crippen LogP contribution in [0.4, 0.5) is 11.4 Å². The van der Waals surface area contributed by atoms with Crippen molar-refractivity contribution in [1.82, 2.24) is 0 Å². The zero-order chi connectivity index (χ0) is 19.4. The van der Waals surface area contributed by atoms with Crippen molar-refractivity contribution >= 4 is 50.5 Å². The molecule has 138 valence electrons. The van der Waals surface area contributed by atoms with Gasteiger partial charge in [-0.15, -0.1) is 0 Å². The predicted molar refractivity (Wildman–Crippen MR) is 108 cm³/mol. The van der Waals surface area contributed by atoms with Gasteiger partial charge in [-0.2, -0.15) is 0 Å². The summed E-state index contributed by atoms with van der Waals surface area (Å²) in [5.41, 5.74) is 0.968. The average molecular weight is 421 g/mol. The highest BCUT2D eigenvalue weighted by molar-refractivity contribution is 7.92. The fourth-order valence-electron chi connectivity index (χ4n) is 2.31. The van der Waals surface area contributed by atoms with E-state index in [1.54, 1.807) is 24.3 Å². The number of benzene rings is 3. The molecule has 0 spiro atoms. The van der Waals surface area contributed by atoms with Gasteiger partial charge in [-0.05, 0) is 54.6 Å². The van der Waals surface area contributed by atoms with E-state index in [2.05, 4.69) is 10.0 Å². The van der Waals surface area contributed by atoms with Gasteiger partial charge in [-0.25, -0.2) is 8.42 Å². The van der Waals surface area contributed by atoms with Crippen molar-refractivity contribution in [1.29, 1.82) is 0 Å². The van der Waals surface area contributed by atoms with E-state index in [-0.39, 0.29) is 21.2 Å². The smallest absolute Gasteiger partial charge is 0.261 e. The molecule has 0 fully saturated rings. The Balaban J connectivity index is 1.84. The number of rotatable bonds is 5. The summed E-state index contributed by atoms with van der Waals surface area (Å²) >= 11 is 11.9. The van der Waals surface area contributed by atoms with Gasteiger partial charge in [0.2, 0.25) is 0 Å². The van der Waals surface area contributed by atoms with Crippen molar-refractivity contribution in [2.75, 3.05) is 10.0 Å². The van der Waals surface area contributed by atoms with Crippen LogP contribution in [0.3, 0.4) is 0 Å². The largest absolute Gasteiger partial charge is 0.322 e. The molecule has 1 amide bonds. The van der Waals surface area contributed by atoms with Crippen molar-refractivity contribution in [3.63, 3.8) is 0 Å². The van der Waals surface area contributed by atoms with Gasteiger partial charge in [0.1, 0.15) is 0 Å². The number of anilines is 2. The number of carbonyl (C=O) groups is 1. The zero-order valence-electron chi connectivity index (χ0n) is 13.8. The van der Waals surface area contributed by atoms with E-state index in [0.29, 0.717) is 10.7 Å². The zero-order valence-corrected chi connectivity index (χ0v) is 16.1. The Morgan fingerprint density at radius 1 is 0.815 bits per heavy atom. The Bertz CT molecular complexity index is 1070. The third kappa shape index (κ3) is 4.80. The van der Waals surface area contributed by atoms with Crippen LogP contribution in [-0.2, 0) is 10.0 Å². The van der Waals surface area contributed by atoms with E-state index in [4.69, 9.17) is 23.2 Å². The lowest BCUT2D eigenvalue weighted by atomic mass is 10.2. The molecule has 0 bridgehead atoms. The SMILES string of the molecule is O=C(Nc1ccccc1)c1cc(NS(=O)(=O)c2ccc(Cl)cc2)ccc1Cl. The van der Waals surface area contributed by atoms with Crippen molar-refractivity contribution < 1.29 is 13.2 Å². The number of nitrogens with one attached hydrogen (secondary N) is 2. The molecule has 0 aromatic heterocycles. The molecule has 3 aromatic carbocycles. The molecule has 0 atom stereocenters. The van der Waals surface area contributed by atoms with E-state index in [9.17, 15) is 13.2 Å². The Hall–Kier alpha value is -2.54. The van der Waals surface area contributed by atoms with Crippen LogP contribution < -0.4 is 10.0 Å². The highest BCUT2D eigenvalue weighted by Crippen LogP contribution is 2.24. The molecular formula is C19H14Cl2N2O3S. The molecular weight excluding hydrogens is 407 g/mol. The highest BCUT2D eigenvalue weighted by atomic mass is 35.5. The van der Waals surface area contributed by atoms with Gasteiger partial charge in [-0.1, -0.05) is 41.4 Å². The van der Waals surface area contributed by atoms with Crippen LogP contribution in [0.25, 0.3) is 0 Å². The van der Waals surface area contributed by atoms with Crippen LogP contribution in [-0.4, -0.2) is 14.3 Å². The summed E-state index contributed by atoms with van der Waals surface area (Å²) in [5.74, 6) is -0.446. The second-order valence-corrected chi connectivity index (χ2v) is 8.10. The van der Waals surface area contributed by atoms with Gasteiger partial charge >= 0.3 is 0 Å². The second-order valence-electron chi connectivity index (χ2n) is 5.57. The number of carbonyl (C=O) groups excluding carboxylic acids is 1. The van der Waals surface area contributed by atoms with Gasteiger partial charge in [-0.3, -0.25) is 9.52 Å². The third-order valence-corrected chi connectivity index (χ3v) is 5.60. The maximum Gasteiger partial charge on any atom is 0.261 e. The number of hydrogen-bond acceptors (Lipinski definition) is 3. The fourth-order valence-corrected chi connectivity index (χ4v) is 3.69. The minimum Gasteiger partial charge on any atom is -0.322 e. The lowest BCUT2D eigenvalue weighted by Gasteiger charge is -2.11. The first-order valence-electron chi connectivity index (χ1n) is 7.79. The summed E-state index contributed by atoms with van der Waals surface area (Å²) in [6.45, 7) is 0. The first-order chi connectivity index (χ1) is 12.8. The van der Waals surface area contributed by atoms with Crippen LogP contribution in [0.1, 0.15) is 10.4 Å². The first kappa shape index (κ1) is 19.2. The van der Waals surface area contributed by atoms with E-state index in [1.807, 2.05) is 6.07 Å². The molecule has 0 aliphatic heterocycles. The van der Waals surface area contributed by atoms with Crippen molar-refractivity contribution in [3.05, 3.63) is 88.4 Å². The van der Waals surface area contributed by atoms with Crippen LogP contribution in [0.15, 0.2) is 77.7 Å². The summed E-state index contributed by atoms with van der Waals surface area (Å²) in [6, 6.07) is 18.9. The Kier molecular flexibility index (Phi) is 5.70. The molecule has 3 rings (SSSR count). The maximum atomic E-state index is 12.5. The van der Waals surface area contributed by atoms with Crippen LogP contribution in [0.2, 0.25) is 10.0 Å². The number of halogens is 2. The van der Waals surface area contributed by atoms with Crippen LogP contribution in [0.5, 0.6) is 0 Å². The minimum absolute atomic E-state index is 0.0529. The van der Waals surface area contributed by atoms with E-state index in [0.717, 1.165) is 0 Å². The van der Waals surface area contributed by atoms with Crippen molar-refractivity contribution in [2.45, 2.75) is 4.90 Å². The van der Waals surface area contributed by atoms with E-state index >= 15 is 0 Å². The molecule has 27 heavy (non-hydrogen) atoms. The number of sulfonamides is 1. The molecule has 8 heteroatoms. The molecule has 2 N–H and O–H groups in total. The molecule has 0 unspecified atom stereocenters. The second kappa shape index (κ2) is 8.00. The topological polar surface area (TPSA) is 75.3 Å². The Morgan fingerprint density at radius 3 is 2.15 bits per heavy atom. The summed E-state index contributed by atoms with van der Waals surface area (Å²) in [6.07, 6.45) is 0. The van der Waals surface area contributed by atoms with Crippen LogP contribution >= 0.6 is 23.2 Å². The molecule has 0 heterocycles. The van der Waals surface area contributed by atoms with Crippen molar-refractivity contribution in [3.8, 4) is 0 Å². The molecule has 0 saturated carbocycles. The number of hydrogen-bond donors (Lipinski definition) is 2. The Morgan fingerprint density at radius 2 is 1.48 bits per heavy atom. The molecule has 5 nitrogen and oxygen atoms in total. The summed E-state index contributed by atoms with van der Waals surface area (Å²) in [7, 11) is -3.83. The van der Waals surface area contributed by atoms with Crippen molar-refractivity contribution in [2.24, 2.45) is 0 Å². The van der Waals surface area contributed by atoms with E-state index < -0.39 is 15.9 Å². The highest BCUT2D eigenvalue weighted by Gasteiger charge is 2.17. The number of para-hydroxylation sites is 1. The van der Waals surface area contributed by atoms with Gasteiger partial charge in [0, 0.05) is 16.4 Å². The van der Waals surface area contributed by atoms with E-state index in [1.165, 1.54) is 42.5 Å². The Labute approximate surface area is 167 Å². The quantitative estimate of drug-likeness (QED) is 0.606. The van der Waals surface area contributed by atoms with Gasteiger partial charge in [0.05, 0.1) is 15.5 Å². The lowest BCUT2D eigenvalue weighted by Crippen LogP contribution is -2.15. The summed E-state index contributed by atoms with van der Waals surface area (Å²) in [5, 5.41) is 3.35.